The smallest absolute Gasteiger partial charge is 0.317 e. The molecular weight excluding hydrogens is 320 g/mol. The maximum atomic E-state index is 12.0. The molecule has 2 rings (SSSR count). The Bertz CT molecular complexity index is 601. The molecule has 1 aliphatic heterocycles. The lowest BCUT2D eigenvalue weighted by molar-refractivity contribution is 0.180. The van der Waals surface area contributed by atoms with Crippen LogP contribution in [0.5, 0.6) is 0 Å². The van der Waals surface area contributed by atoms with E-state index < -0.39 is 10.0 Å². The molecule has 1 aromatic rings. The molecule has 10 heteroatoms. The number of amides is 2. The number of nitrogens with one attached hydrogen (secondary N) is 3. The number of piperidine rings is 1. The predicted molar refractivity (Wildman–Crippen MR) is 86.5 cm³/mol. The van der Waals surface area contributed by atoms with E-state index in [2.05, 4.69) is 25.3 Å². The maximum Gasteiger partial charge on any atom is 0.317 e. The van der Waals surface area contributed by atoms with Crippen molar-refractivity contribution in [2.75, 3.05) is 37.8 Å². The van der Waals surface area contributed by atoms with Gasteiger partial charge >= 0.3 is 6.03 Å². The van der Waals surface area contributed by atoms with Gasteiger partial charge in [-0.3, -0.25) is 4.98 Å². The minimum atomic E-state index is -3.19. The lowest BCUT2D eigenvalue weighted by atomic mass is 10.1. The van der Waals surface area contributed by atoms with E-state index in [4.69, 9.17) is 0 Å². The molecule has 0 radical (unpaired) electrons. The molecule has 128 valence electrons. The van der Waals surface area contributed by atoms with Crippen LogP contribution in [-0.4, -0.2) is 67.8 Å². The van der Waals surface area contributed by atoms with Gasteiger partial charge < -0.3 is 15.5 Å². The van der Waals surface area contributed by atoms with Crippen molar-refractivity contribution in [2.45, 2.75) is 18.9 Å². The molecule has 1 saturated heterocycles. The third-order valence-electron chi connectivity index (χ3n) is 3.43. The Hall–Kier alpha value is -1.94. The summed E-state index contributed by atoms with van der Waals surface area (Å²) in [5, 5.41) is 5.88. The minimum absolute atomic E-state index is 0.0904. The quantitative estimate of drug-likeness (QED) is 0.607. The van der Waals surface area contributed by atoms with Crippen LogP contribution in [0.15, 0.2) is 18.6 Å². The Morgan fingerprint density at radius 1 is 1.30 bits per heavy atom. The number of urea groups is 1. The maximum absolute atomic E-state index is 12.0. The van der Waals surface area contributed by atoms with Gasteiger partial charge in [0.2, 0.25) is 10.0 Å². The van der Waals surface area contributed by atoms with Gasteiger partial charge in [0, 0.05) is 44.6 Å². The molecule has 0 saturated carbocycles. The first-order valence-electron chi connectivity index (χ1n) is 7.44. The number of hydrogen-bond acceptors (Lipinski definition) is 6. The Balaban J connectivity index is 1.63. The molecule has 2 heterocycles. The lowest BCUT2D eigenvalue weighted by Crippen LogP contribution is -2.49. The number of nitrogens with zero attached hydrogens (tertiary/aromatic N) is 3. The number of carbonyl (C=O) groups excluding carboxylic acids is 1. The first kappa shape index (κ1) is 17.4. The molecular formula is C13H22N6O3S. The monoisotopic (exact) mass is 342 g/mol. The second-order valence-corrected chi connectivity index (χ2v) is 7.18. The number of likely N-dealkylation sites (tertiary alicyclic amines) is 1. The molecule has 0 unspecified atom stereocenters. The SMILES string of the molecule is CS(=O)(=O)NC1CCN(C(=O)NCCNc2cnccn2)CC1. The molecule has 3 N–H and O–H groups in total. The third-order valence-corrected chi connectivity index (χ3v) is 4.19. The number of anilines is 1. The highest BCUT2D eigenvalue weighted by Gasteiger charge is 2.24. The lowest BCUT2D eigenvalue weighted by Gasteiger charge is -2.32. The van der Waals surface area contributed by atoms with E-state index in [-0.39, 0.29) is 12.1 Å². The first-order valence-corrected chi connectivity index (χ1v) is 9.33. The molecule has 1 aliphatic rings. The fourth-order valence-corrected chi connectivity index (χ4v) is 3.21. The summed E-state index contributed by atoms with van der Waals surface area (Å²) in [6.45, 7) is 2.10. The Kier molecular flexibility index (Phi) is 6.11. The van der Waals surface area contributed by atoms with Crippen LogP contribution in [0.2, 0.25) is 0 Å². The predicted octanol–water partition coefficient (Wildman–Crippen LogP) is -0.388. The van der Waals surface area contributed by atoms with Crippen LogP contribution < -0.4 is 15.4 Å². The van der Waals surface area contributed by atoms with E-state index >= 15 is 0 Å². The van der Waals surface area contributed by atoms with E-state index in [1.807, 2.05) is 0 Å². The van der Waals surface area contributed by atoms with Crippen molar-refractivity contribution in [1.29, 1.82) is 0 Å². The number of aromatic nitrogens is 2. The van der Waals surface area contributed by atoms with Crippen LogP contribution in [0, 0.1) is 0 Å². The van der Waals surface area contributed by atoms with Crippen LogP contribution in [-0.2, 0) is 10.0 Å². The first-order chi connectivity index (χ1) is 10.9. The number of rotatable bonds is 6. The van der Waals surface area contributed by atoms with E-state index in [1.165, 1.54) is 0 Å². The standard InChI is InChI=1S/C13H22N6O3S/c1-23(21,22)18-11-2-8-19(9-3-11)13(20)17-7-6-16-12-10-14-4-5-15-12/h4-5,10-11,18H,2-3,6-9H2,1H3,(H,15,16)(H,17,20). The summed E-state index contributed by atoms with van der Waals surface area (Å²) in [7, 11) is -3.19. The second-order valence-electron chi connectivity index (χ2n) is 5.40. The minimum Gasteiger partial charge on any atom is -0.367 e. The molecule has 23 heavy (non-hydrogen) atoms. The van der Waals surface area contributed by atoms with Gasteiger partial charge in [-0.15, -0.1) is 0 Å². The van der Waals surface area contributed by atoms with E-state index in [0.29, 0.717) is 44.8 Å². The normalized spacial score (nSPS) is 16.1. The third kappa shape index (κ3) is 6.37. The Labute approximate surface area is 135 Å². The summed E-state index contributed by atoms with van der Waals surface area (Å²) < 4.78 is 25.0. The van der Waals surface area contributed by atoms with Gasteiger partial charge in [-0.05, 0) is 12.8 Å². The second kappa shape index (κ2) is 8.06. The molecule has 1 fully saturated rings. The largest absolute Gasteiger partial charge is 0.367 e. The zero-order chi connectivity index (χ0) is 16.7. The molecule has 0 aromatic carbocycles. The van der Waals surface area contributed by atoms with E-state index in [0.717, 1.165) is 6.26 Å². The van der Waals surface area contributed by atoms with Crippen molar-refractivity contribution in [3.05, 3.63) is 18.6 Å². The van der Waals surface area contributed by atoms with Crippen molar-refractivity contribution in [3.8, 4) is 0 Å². The fourth-order valence-electron chi connectivity index (χ4n) is 2.37. The van der Waals surface area contributed by atoms with Crippen LogP contribution in [0.1, 0.15) is 12.8 Å². The summed E-state index contributed by atoms with van der Waals surface area (Å²) >= 11 is 0. The van der Waals surface area contributed by atoms with Gasteiger partial charge in [0.15, 0.2) is 0 Å². The summed E-state index contributed by atoms with van der Waals surface area (Å²) in [6, 6.07) is -0.226. The van der Waals surface area contributed by atoms with E-state index in [1.54, 1.807) is 23.5 Å². The van der Waals surface area contributed by atoms with Crippen LogP contribution in [0.25, 0.3) is 0 Å². The van der Waals surface area contributed by atoms with Crippen LogP contribution in [0.4, 0.5) is 10.6 Å². The fraction of sp³-hybridized carbons (Fsp3) is 0.615. The summed E-state index contributed by atoms with van der Waals surface area (Å²) in [6.07, 6.45) is 7.19. The molecule has 9 nitrogen and oxygen atoms in total. The van der Waals surface area contributed by atoms with Gasteiger partial charge in [0.1, 0.15) is 5.82 Å². The van der Waals surface area contributed by atoms with Gasteiger partial charge in [0.25, 0.3) is 0 Å². The van der Waals surface area contributed by atoms with Crippen molar-refractivity contribution < 1.29 is 13.2 Å². The number of carbonyl (C=O) groups is 1. The van der Waals surface area contributed by atoms with E-state index in [9.17, 15) is 13.2 Å². The summed E-state index contributed by atoms with van der Waals surface area (Å²) in [5.41, 5.74) is 0. The molecule has 0 atom stereocenters. The molecule has 2 amide bonds. The highest BCUT2D eigenvalue weighted by atomic mass is 32.2. The van der Waals surface area contributed by atoms with Crippen molar-refractivity contribution in [1.82, 2.24) is 24.9 Å². The van der Waals surface area contributed by atoms with Gasteiger partial charge in [-0.2, -0.15) is 0 Å². The van der Waals surface area contributed by atoms with Crippen LogP contribution in [0.3, 0.4) is 0 Å². The zero-order valence-corrected chi connectivity index (χ0v) is 13.8. The van der Waals surface area contributed by atoms with Gasteiger partial charge in [-0.25, -0.2) is 22.9 Å². The average molecular weight is 342 g/mol. The molecule has 1 aromatic heterocycles. The van der Waals surface area contributed by atoms with Crippen molar-refractivity contribution in [2.24, 2.45) is 0 Å². The van der Waals surface area contributed by atoms with Crippen molar-refractivity contribution in [3.63, 3.8) is 0 Å². The topological polar surface area (TPSA) is 116 Å². The van der Waals surface area contributed by atoms with Crippen molar-refractivity contribution >= 4 is 21.9 Å². The average Bonchev–Trinajstić information content (AvgIpc) is 2.51. The number of sulfonamides is 1. The molecule has 0 bridgehead atoms. The Morgan fingerprint density at radius 2 is 2.04 bits per heavy atom. The number of hydrogen-bond donors (Lipinski definition) is 3. The molecule has 0 aliphatic carbocycles. The van der Waals surface area contributed by atoms with Gasteiger partial charge in [-0.1, -0.05) is 0 Å². The highest BCUT2D eigenvalue weighted by molar-refractivity contribution is 7.88. The highest BCUT2D eigenvalue weighted by Crippen LogP contribution is 2.11. The van der Waals surface area contributed by atoms with Crippen LogP contribution >= 0.6 is 0 Å². The molecule has 0 spiro atoms. The van der Waals surface area contributed by atoms with Gasteiger partial charge in [0.05, 0.1) is 12.5 Å². The zero-order valence-electron chi connectivity index (χ0n) is 13.0. The summed E-state index contributed by atoms with van der Waals surface area (Å²) in [4.78, 5) is 21.7. The summed E-state index contributed by atoms with van der Waals surface area (Å²) in [5.74, 6) is 0.661. The Morgan fingerprint density at radius 3 is 2.65 bits per heavy atom.